The minimum absolute atomic E-state index is 0.436. The summed E-state index contributed by atoms with van der Waals surface area (Å²) < 4.78 is 35.9. The Morgan fingerprint density at radius 2 is 1.82 bits per heavy atom. The summed E-state index contributed by atoms with van der Waals surface area (Å²) >= 11 is 0. The highest BCUT2D eigenvalue weighted by Crippen LogP contribution is 2.14. The Morgan fingerprint density at radius 1 is 1.29 bits per heavy atom. The number of carbonyl (C=O) groups is 2. The lowest BCUT2D eigenvalue weighted by Gasteiger charge is -2.30. The number of nitrogens with one attached hydrogen (secondary N) is 2. The number of hydrogen-bond acceptors (Lipinski definition) is 3. The molecule has 0 bridgehead atoms. The number of amides is 2. The molecule has 0 aliphatic carbocycles. The van der Waals surface area contributed by atoms with Crippen molar-refractivity contribution in [2.75, 3.05) is 26.2 Å². The topological polar surface area (TPSA) is 61.4 Å². The van der Waals surface area contributed by atoms with Gasteiger partial charge < -0.3 is 15.5 Å². The molecule has 8 heteroatoms. The zero-order chi connectivity index (χ0) is 13.1. The molecule has 5 nitrogen and oxygen atoms in total. The van der Waals surface area contributed by atoms with Gasteiger partial charge in [-0.3, -0.25) is 9.59 Å². The Morgan fingerprint density at radius 3 is 2.29 bits per heavy atom. The Kier molecular flexibility index (Phi) is 4.33. The van der Waals surface area contributed by atoms with Gasteiger partial charge in [-0.05, 0) is 6.92 Å². The first kappa shape index (κ1) is 13.8. The zero-order valence-corrected chi connectivity index (χ0v) is 9.30. The molecular formula is C9H14F3N3O2. The van der Waals surface area contributed by atoms with Gasteiger partial charge in [-0.25, -0.2) is 0 Å². The van der Waals surface area contributed by atoms with Crippen LogP contribution in [0.15, 0.2) is 0 Å². The van der Waals surface area contributed by atoms with Crippen molar-refractivity contribution in [2.45, 2.75) is 19.1 Å². The van der Waals surface area contributed by atoms with E-state index in [1.807, 2.05) is 0 Å². The van der Waals surface area contributed by atoms with E-state index >= 15 is 0 Å². The molecule has 2 amide bonds. The van der Waals surface area contributed by atoms with Crippen molar-refractivity contribution in [1.82, 2.24) is 15.5 Å². The molecule has 17 heavy (non-hydrogen) atoms. The molecule has 1 aliphatic rings. The maximum atomic E-state index is 12.0. The molecule has 1 aliphatic heterocycles. The first-order valence-electron chi connectivity index (χ1n) is 5.19. The summed E-state index contributed by atoms with van der Waals surface area (Å²) in [6.07, 6.45) is -4.96. The summed E-state index contributed by atoms with van der Waals surface area (Å²) in [5.41, 5.74) is 0. The maximum absolute atomic E-state index is 12.0. The lowest BCUT2D eigenvalue weighted by molar-refractivity contribution is -0.175. The second-order valence-electron chi connectivity index (χ2n) is 3.77. The molecular weight excluding hydrogens is 239 g/mol. The fourth-order valence-electron chi connectivity index (χ4n) is 1.50. The van der Waals surface area contributed by atoms with Crippen LogP contribution >= 0.6 is 0 Å². The highest BCUT2D eigenvalue weighted by atomic mass is 19.4. The van der Waals surface area contributed by atoms with Crippen molar-refractivity contribution in [1.29, 1.82) is 0 Å². The molecule has 0 saturated carbocycles. The molecule has 2 N–H and O–H groups in total. The van der Waals surface area contributed by atoms with Gasteiger partial charge in [-0.15, -0.1) is 0 Å². The highest BCUT2D eigenvalue weighted by molar-refractivity contribution is 5.89. The minimum atomic E-state index is -4.96. The number of rotatable bonds is 2. The Hall–Kier alpha value is -1.31. The first-order chi connectivity index (χ1) is 7.82. The second kappa shape index (κ2) is 5.35. The van der Waals surface area contributed by atoms with Gasteiger partial charge in [0.1, 0.15) is 6.04 Å². The normalized spacial score (nSPS) is 18.7. The summed E-state index contributed by atoms with van der Waals surface area (Å²) in [5.74, 6) is -2.59. The standard InChI is InChI=1S/C9H14F3N3O2/c1-6(14-8(17)9(10,11)12)7(16)15-4-2-13-3-5-15/h6,13H,2-5H2,1H3,(H,14,17). The van der Waals surface area contributed by atoms with E-state index in [1.165, 1.54) is 11.8 Å². The van der Waals surface area contributed by atoms with Crippen LogP contribution in [-0.2, 0) is 9.59 Å². The van der Waals surface area contributed by atoms with Crippen LogP contribution in [0.2, 0.25) is 0 Å². The third kappa shape index (κ3) is 3.88. The van der Waals surface area contributed by atoms with E-state index in [1.54, 1.807) is 5.32 Å². The highest BCUT2D eigenvalue weighted by Gasteiger charge is 2.40. The Labute approximate surface area is 96.3 Å². The molecule has 1 saturated heterocycles. The van der Waals surface area contributed by atoms with E-state index < -0.39 is 24.0 Å². The number of hydrogen-bond donors (Lipinski definition) is 2. The van der Waals surface area contributed by atoms with E-state index in [0.717, 1.165) is 0 Å². The molecule has 0 radical (unpaired) electrons. The van der Waals surface area contributed by atoms with E-state index in [0.29, 0.717) is 26.2 Å². The van der Waals surface area contributed by atoms with Crippen LogP contribution in [0.4, 0.5) is 13.2 Å². The van der Waals surface area contributed by atoms with Gasteiger partial charge >= 0.3 is 12.1 Å². The molecule has 0 aromatic heterocycles. The largest absolute Gasteiger partial charge is 0.471 e. The molecule has 0 aromatic rings. The fraction of sp³-hybridized carbons (Fsp3) is 0.778. The molecule has 1 unspecified atom stereocenters. The van der Waals surface area contributed by atoms with Crippen molar-refractivity contribution >= 4 is 11.8 Å². The van der Waals surface area contributed by atoms with E-state index in [9.17, 15) is 22.8 Å². The fourth-order valence-corrected chi connectivity index (χ4v) is 1.50. The third-order valence-corrected chi connectivity index (χ3v) is 2.40. The molecule has 1 fully saturated rings. The van der Waals surface area contributed by atoms with Crippen LogP contribution in [0, 0.1) is 0 Å². The average molecular weight is 253 g/mol. The van der Waals surface area contributed by atoms with Crippen molar-refractivity contribution in [3.05, 3.63) is 0 Å². The van der Waals surface area contributed by atoms with Crippen LogP contribution in [0.25, 0.3) is 0 Å². The van der Waals surface area contributed by atoms with Crippen LogP contribution in [0.5, 0.6) is 0 Å². The number of carbonyl (C=O) groups excluding carboxylic acids is 2. The van der Waals surface area contributed by atoms with Crippen molar-refractivity contribution in [3.8, 4) is 0 Å². The summed E-state index contributed by atoms with van der Waals surface area (Å²) in [6.45, 7) is 3.32. The number of piperazine rings is 1. The van der Waals surface area contributed by atoms with Gasteiger partial charge in [-0.2, -0.15) is 13.2 Å². The predicted molar refractivity (Wildman–Crippen MR) is 53.1 cm³/mol. The molecule has 1 rings (SSSR count). The van der Waals surface area contributed by atoms with Crippen LogP contribution in [0.3, 0.4) is 0 Å². The Balaban J connectivity index is 2.49. The minimum Gasteiger partial charge on any atom is -0.338 e. The van der Waals surface area contributed by atoms with Gasteiger partial charge in [0.25, 0.3) is 0 Å². The molecule has 0 spiro atoms. The van der Waals surface area contributed by atoms with Gasteiger partial charge in [0.15, 0.2) is 0 Å². The van der Waals surface area contributed by atoms with Crippen molar-refractivity contribution in [3.63, 3.8) is 0 Å². The first-order valence-corrected chi connectivity index (χ1v) is 5.19. The SMILES string of the molecule is CC(NC(=O)C(F)(F)F)C(=O)N1CCNCC1. The van der Waals surface area contributed by atoms with Crippen LogP contribution in [-0.4, -0.2) is 55.1 Å². The third-order valence-electron chi connectivity index (χ3n) is 2.40. The van der Waals surface area contributed by atoms with Gasteiger partial charge in [0.05, 0.1) is 0 Å². The van der Waals surface area contributed by atoms with Crippen LogP contribution < -0.4 is 10.6 Å². The van der Waals surface area contributed by atoms with Crippen molar-refractivity contribution in [2.24, 2.45) is 0 Å². The lowest BCUT2D eigenvalue weighted by atomic mass is 10.2. The van der Waals surface area contributed by atoms with Gasteiger partial charge in [0, 0.05) is 26.2 Å². The van der Waals surface area contributed by atoms with Crippen LogP contribution in [0.1, 0.15) is 6.92 Å². The lowest BCUT2D eigenvalue weighted by Crippen LogP contribution is -2.54. The molecule has 1 atom stereocenters. The molecule has 0 aromatic carbocycles. The second-order valence-corrected chi connectivity index (χ2v) is 3.77. The van der Waals surface area contributed by atoms with E-state index in [4.69, 9.17) is 0 Å². The van der Waals surface area contributed by atoms with Gasteiger partial charge in [-0.1, -0.05) is 0 Å². The zero-order valence-electron chi connectivity index (χ0n) is 9.30. The smallest absolute Gasteiger partial charge is 0.338 e. The van der Waals surface area contributed by atoms with Crippen molar-refractivity contribution < 1.29 is 22.8 Å². The summed E-state index contributed by atoms with van der Waals surface area (Å²) in [5, 5.41) is 4.65. The van der Waals surface area contributed by atoms with Gasteiger partial charge in [0.2, 0.25) is 5.91 Å². The number of nitrogens with zero attached hydrogens (tertiary/aromatic N) is 1. The molecule has 1 heterocycles. The molecule has 98 valence electrons. The quantitative estimate of drug-likeness (QED) is 0.696. The summed E-state index contributed by atoms with van der Waals surface area (Å²) in [6, 6.07) is -1.16. The number of halogens is 3. The predicted octanol–water partition coefficient (Wildman–Crippen LogP) is -0.515. The average Bonchev–Trinajstić information content (AvgIpc) is 2.27. The Bertz CT molecular complexity index is 300. The maximum Gasteiger partial charge on any atom is 0.471 e. The monoisotopic (exact) mass is 253 g/mol. The van der Waals surface area contributed by atoms with E-state index in [2.05, 4.69) is 5.32 Å². The van der Waals surface area contributed by atoms with E-state index in [-0.39, 0.29) is 0 Å². The summed E-state index contributed by atoms with van der Waals surface area (Å²) in [7, 11) is 0. The summed E-state index contributed by atoms with van der Waals surface area (Å²) in [4.78, 5) is 23.7. The number of alkyl halides is 3.